The molecule has 0 atom stereocenters. The number of rotatable bonds is 5. The molecule has 0 saturated carbocycles. The predicted octanol–water partition coefficient (Wildman–Crippen LogP) is 1.64. The van der Waals surface area contributed by atoms with E-state index in [1.165, 1.54) is 12.1 Å². The fraction of sp³-hybridized carbons (Fsp3) is 0.308. The topological polar surface area (TPSA) is 53.1 Å². The van der Waals surface area contributed by atoms with Gasteiger partial charge in [0.2, 0.25) is 0 Å². The summed E-state index contributed by atoms with van der Waals surface area (Å²) in [6.07, 6.45) is 4.22. The van der Waals surface area contributed by atoms with E-state index in [-0.39, 0.29) is 5.82 Å². The molecular formula is C13H16FN3O. The lowest BCUT2D eigenvalue weighted by molar-refractivity contribution is 0.304. The van der Waals surface area contributed by atoms with Crippen molar-refractivity contribution in [2.75, 3.05) is 6.54 Å². The van der Waals surface area contributed by atoms with Gasteiger partial charge in [0.15, 0.2) is 0 Å². The molecule has 0 fully saturated rings. The Labute approximate surface area is 105 Å². The lowest BCUT2D eigenvalue weighted by Crippen LogP contribution is -2.03. The molecule has 18 heavy (non-hydrogen) atoms. The Morgan fingerprint density at radius 2 is 2.17 bits per heavy atom. The summed E-state index contributed by atoms with van der Waals surface area (Å²) in [4.78, 5) is 0. The van der Waals surface area contributed by atoms with E-state index in [1.807, 2.05) is 19.3 Å². The molecule has 2 N–H and O–H groups in total. The van der Waals surface area contributed by atoms with Crippen molar-refractivity contribution in [2.45, 2.75) is 13.0 Å². The van der Waals surface area contributed by atoms with Crippen LogP contribution in [0.15, 0.2) is 30.6 Å². The van der Waals surface area contributed by atoms with Gasteiger partial charge in [0.05, 0.1) is 6.20 Å². The third kappa shape index (κ3) is 3.30. The number of nitrogens with zero attached hydrogens (tertiary/aromatic N) is 2. The van der Waals surface area contributed by atoms with E-state index >= 15 is 0 Å². The fourth-order valence-corrected chi connectivity index (χ4v) is 1.73. The molecule has 1 heterocycles. The SMILES string of the molecule is Cn1cc(COc2cc(F)cc(CCN)c2)cn1. The second kappa shape index (κ2) is 5.64. The normalized spacial score (nSPS) is 10.6. The Bertz CT molecular complexity index is 525. The lowest BCUT2D eigenvalue weighted by atomic mass is 10.1. The molecule has 0 aliphatic rings. The number of aryl methyl sites for hydroxylation is 1. The highest BCUT2D eigenvalue weighted by atomic mass is 19.1. The Hall–Kier alpha value is -1.88. The molecule has 4 nitrogen and oxygen atoms in total. The Kier molecular flexibility index (Phi) is 3.94. The van der Waals surface area contributed by atoms with E-state index in [0.29, 0.717) is 25.3 Å². The van der Waals surface area contributed by atoms with Crippen LogP contribution in [0.5, 0.6) is 5.75 Å². The van der Waals surface area contributed by atoms with Crippen LogP contribution >= 0.6 is 0 Å². The molecular weight excluding hydrogens is 233 g/mol. The molecule has 96 valence electrons. The maximum absolute atomic E-state index is 13.3. The molecule has 1 aromatic carbocycles. The number of hydrogen-bond acceptors (Lipinski definition) is 3. The molecule has 0 aliphatic heterocycles. The van der Waals surface area contributed by atoms with Gasteiger partial charge in [0, 0.05) is 24.9 Å². The predicted molar refractivity (Wildman–Crippen MR) is 66.7 cm³/mol. The van der Waals surface area contributed by atoms with Crippen LogP contribution in [-0.4, -0.2) is 16.3 Å². The minimum Gasteiger partial charge on any atom is -0.489 e. The lowest BCUT2D eigenvalue weighted by Gasteiger charge is -2.07. The molecule has 0 amide bonds. The molecule has 1 aromatic heterocycles. The van der Waals surface area contributed by atoms with Crippen molar-refractivity contribution in [3.8, 4) is 5.75 Å². The maximum atomic E-state index is 13.3. The number of hydrogen-bond donors (Lipinski definition) is 1. The van der Waals surface area contributed by atoms with Gasteiger partial charge in [-0.1, -0.05) is 0 Å². The Balaban J connectivity index is 2.04. The van der Waals surface area contributed by atoms with E-state index in [2.05, 4.69) is 5.10 Å². The van der Waals surface area contributed by atoms with Gasteiger partial charge in [0.25, 0.3) is 0 Å². The van der Waals surface area contributed by atoms with Gasteiger partial charge in [0.1, 0.15) is 18.2 Å². The molecule has 0 bridgehead atoms. The highest BCUT2D eigenvalue weighted by Gasteiger charge is 2.03. The minimum absolute atomic E-state index is 0.304. The Morgan fingerprint density at radius 3 is 2.83 bits per heavy atom. The molecule has 0 aliphatic carbocycles. The van der Waals surface area contributed by atoms with E-state index < -0.39 is 0 Å². The number of nitrogens with two attached hydrogens (primary N) is 1. The van der Waals surface area contributed by atoms with Gasteiger partial charge in [-0.15, -0.1) is 0 Å². The van der Waals surface area contributed by atoms with Crippen molar-refractivity contribution in [3.05, 3.63) is 47.5 Å². The van der Waals surface area contributed by atoms with E-state index in [4.69, 9.17) is 10.5 Å². The highest BCUT2D eigenvalue weighted by molar-refractivity contribution is 5.30. The van der Waals surface area contributed by atoms with Gasteiger partial charge in [-0.3, -0.25) is 4.68 Å². The summed E-state index contributed by atoms with van der Waals surface area (Å²) in [7, 11) is 1.84. The summed E-state index contributed by atoms with van der Waals surface area (Å²) < 4.78 is 20.6. The first-order chi connectivity index (χ1) is 8.67. The average molecular weight is 249 g/mol. The summed E-state index contributed by atoms with van der Waals surface area (Å²) in [5.74, 6) is 0.212. The molecule has 2 aromatic rings. The summed E-state index contributed by atoms with van der Waals surface area (Å²) in [6, 6.07) is 4.66. The van der Waals surface area contributed by atoms with Crippen molar-refractivity contribution >= 4 is 0 Å². The highest BCUT2D eigenvalue weighted by Crippen LogP contribution is 2.18. The second-order valence-corrected chi connectivity index (χ2v) is 4.14. The standard InChI is InChI=1S/C13H16FN3O/c1-17-8-11(7-16-17)9-18-13-5-10(2-3-15)4-12(14)6-13/h4-8H,2-3,9,15H2,1H3. The molecule has 0 unspecified atom stereocenters. The first kappa shape index (κ1) is 12.6. The maximum Gasteiger partial charge on any atom is 0.127 e. The van der Waals surface area contributed by atoms with Crippen LogP contribution in [0.2, 0.25) is 0 Å². The number of benzene rings is 1. The zero-order valence-corrected chi connectivity index (χ0v) is 10.3. The van der Waals surface area contributed by atoms with Crippen molar-refractivity contribution in [2.24, 2.45) is 12.8 Å². The summed E-state index contributed by atoms with van der Waals surface area (Å²) >= 11 is 0. The van der Waals surface area contributed by atoms with E-state index in [1.54, 1.807) is 10.9 Å². The van der Waals surface area contributed by atoms with Crippen LogP contribution in [-0.2, 0) is 20.1 Å². The quantitative estimate of drug-likeness (QED) is 0.876. The van der Waals surface area contributed by atoms with Crippen LogP contribution < -0.4 is 10.5 Å². The van der Waals surface area contributed by atoms with Gasteiger partial charge in [-0.05, 0) is 30.7 Å². The van der Waals surface area contributed by atoms with Gasteiger partial charge in [-0.2, -0.15) is 5.10 Å². The van der Waals surface area contributed by atoms with Crippen LogP contribution in [0.4, 0.5) is 4.39 Å². The summed E-state index contributed by atoms with van der Waals surface area (Å²) in [5.41, 5.74) is 7.25. The molecule has 2 rings (SSSR count). The van der Waals surface area contributed by atoms with Crippen LogP contribution in [0.3, 0.4) is 0 Å². The zero-order chi connectivity index (χ0) is 13.0. The average Bonchev–Trinajstić information content (AvgIpc) is 2.72. The first-order valence-corrected chi connectivity index (χ1v) is 5.77. The van der Waals surface area contributed by atoms with E-state index in [0.717, 1.165) is 11.1 Å². The number of aromatic nitrogens is 2. The number of ether oxygens (including phenoxy) is 1. The summed E-state index contributed by atoms with van der Waals surface area (Å²) in [6.45, 7) is 0.866. The van der Waals surface area contributed by atoms with Crippen molar-refractivity contribution in [3.63, 3.8) is 0 Å². The monoisotopic (exact) mass is 249 g/mol. The molecule has 0 radical (unpaired) electrons. The largest absolute Gasteiger partial charge is 0.489 e. The summed E-state index contributed by atoms with van der Waals surface area (Å²) in [5, 5.41) is 4.04. The minimum atomic E-state index is -0.304. The fourth-order valence-electron chi connectivity index (χ4n) is 1.73. The smallest absolute Gasteiger partial charge is 0.127 e. The van der Waals surface area contributed by atoms with Crippen LogP contribution in [0, 0.1) is 5.82 Å². The Morgan fingerprint density at radius 1 is 1.33 bits per heavy atom. The van der Waals surface area contributed by atoms with Crippen molar-refractivity contribution in [1.29, 1.82) is 0 Å². The van der Waals surface area contributed by atoms with Crippen molar-refractivity contribution in [1.82, 2.24) is 9.78 Å². The zero-order valence-electron chi connectivity index (χ0n) is 10.3. The third-order valence-electron chi connectivity index (χ3n) is 2.53. The second-order valence-electron chi connectivity index (χ2n) is 4.14. The van der Waals surface area contributed by atoms with Crippen molar-refractivity contribution < 1.29 is 9.13 Å². The molecule has 5 heteroatoms. The van der Waals surface area contributed by atoms with Gasteiger partial charge in [-0.25, -0.2) is 4.39 Å². The van der Waals surface area contributed by atoms with Crippen LogP contribution in [0.25, 0.3) is 0 Å². The third-order valence-corrected chi connectivity index (χ3v) is 2.53. The molecule has 0 saturated heterocycles. The first-order valence-electron chi connectivity index (χ1n) is 5.77. The van der Waals surface area contributed by atoms with Crippen LogP contribution in [0.1, 0.15) is 11.1 Å². The van der Waals surface area contributed by atoms with Gasteiger partial charge < -0.3 is 10.5 Å². The van der Waals surface area contributed by atoms with Gasteiger partial charge >= 0.3 is 0 Å². The number of halogens is 1. The molecule has 0 spiro atoms. The van der Waals surface area contributed by atoms with E-state index in [9.17, 15) is 4.39 Å².